The highest BCUT2D eigenvalue weighted by atomic mass is 16.2. The summed E-state index contributed by atoms with van der Waals surface area (Å²) >= 11 is 0. The third kappa shape index (κ3) is 4.69. The number of carbonyl (C=O) groups is 2. The van der Waals surface area contributed by atoms with E-state index in [9.17, 15) is 14.4 Å². The maximum absolute atomic E-state index is 12.8. The van der Waals surface area contributed by atoms with Crippen LogP contribution in [0.5, 0.6) is 0 Å². The molecular weight excluding hydrogens is 432 g/mol. The van der Waals surface area contributed by atoms with Gasteiger partial charge in [0.1, 0.15) is 0 Å². The maximum atomic E-state index is 12.8. The number of anilines is 2. The molecule has 0 atom stereocenters. The van der Waals surface area contributed by atoms with E-state index < -0.39 is 5.91 Å². The first-order valence-electron chi connectivity index (χ1n) is 11.1. The Morgan fingerprint density at radius 3 is 2.32 bits per heavy atom. The summed E-state index contributed by atoms with van der Waals surface area (Å²) in [7, 11) is 3.69. The summed E-state index contributed by atoms with van der Waals surface area (Å²) in [5.41, 5.74) is 8.76. The molecule has 0 aliphatic carbocycles. The zero-order valence-corrected chi connectivity index (χ0v) is 19.5. The summed E-state index contributed by atoms with van der Waals surface area (Å²) in [6.45, 7) is 4.93. The van der Waals surface area contributed by atoms with Crippen LogP contribution < -0.4 is 16.6 Å². The number of benzene rings is 2. The lowest BCUT2D eigenvalue weighted by atomic mass is 10.00. The van der Waals surface area contributed by atoms with Gasteiger partial charge in [-0.15, -0.1) is 0 Å². The number of nitrogens with two attached hydrogens (primary N) is 1. The van der Waals surface area contributed by atoms with Crippen LogP contribution >= 0.6 is 0 Å². The van der Waals surface area contributed by atoms with Gasteiger partial charge in [0.25, 0.3) is 11.5 Å². The molecule has 4 rings (SSSR count). The molecule has 3 aromatic rings. The number of primary amides is 1. The Kier molecular flexibility index (Phi) is 6.47. The first kappa shape index (κ1) is 23.2. The van der Waals surface area contributed by atoms with E-state index in [1.165, 1.54) is 4.57 Å². The van der Waals surface area contributed by atoms with E-state index in [-0.39, 0.29) is 17.3 Å². The van der Waals surface area contributed by atoms with E-state index >= 15 is 0 Å². The van der Waals surface area contributed by atoms with Crippen LogP contribution in [0.2, 0.25) is 0 Å². The van der Waals surface area contributed by atoms with Gasteiger partial charge in [0.2, 0.25) is 5.91 Å². The Bertz CT molecular complexity index is 1290. The molecule has 1 fully saturated rings. The van der Waals surface area contributed by atoms with Crippen molar-refractivity contribution in [2.24, 2.45) is 12.8 Å². The smallest absolute Gasteiger partial charge is 0.293 e. The number of rotatable bonds is 5. The minimum atomic E-state index is -0.520. The summed E-state index contributed by atoms with van der Waals surface area (Å²) < 4.78 is 1.44. The summed E-state index contributed by atoms with van der Waals surface area (Å²) in [6.07, 6.45) is 1.62. The quantitative estimate of drug-likeness (QED) is 0.602. The minimum Gasteiger partial charge on any atom is -0.366 e. The maximum Gasteiger partial charge on any atom is 0.293 e. The molecule has 0 bridgehead atoms. The Morgan fingerprint density at radius 1 is 1.00 bits per heavy atom. The lowest BCUT2D eigenvalue weighted by Crippen LogP contribution is -2.47. The van der Waals surface area contributed by atoms with Crippen molar-refractivity contribution in [3.05, 3.63) is 75.7 Å². The summed E-state index contributed by atoms with van der Waals surface area (Å²) in [5, 5.41) is 3.06. The van der Waals surface area contributed by atoms with Crippen LogP contribution in [0.25, 0.3) is 11.3 Å². The molecule has 176 valence electrons. The highest BCUT2D eigenvalue weighted by Gasteiger charge is 2.20. The molecule has 9 heteroatoms. The van der Waals surface area contributed by atoms with Crippen molar-refractivity contribution in [1.29, 1.82) is 0 Å². The average molecular weight is 461 g/mol. The molecule has 3 N–H and O–H groups in total. The van der Waals surface area contributed by atoms with Crippen molar-refractivity contribution in [2.75, 3.05) is 38.5 Å². The number of aryl methyl sites for hydroxylation is 1. The topological polar surface area (TPSA) is 114 Å². The molecule has 2 heterocycles. The summed E-state index contributed by atoms with van der Waals surface area (Å²) in [5.74, 6) is -0.378. The Labute approximate surface area is 197 Å². The number of likely N-dealkylation sites (N-methyl/N-ethyl adjacent to an activating group) is 1. The van der Waals surface area contributed by atoms with Gasteiger partial charge in [0.15, 0.2) is 5.82 Å². The molecular formula is C25H28N6O3. The SMILES string of the molecule is Cc1c(C(N)=O)cccc1-c1cn(C)c(=O)c(Nc2ccc(C(=O)N3CCN(C)CC3)cc2)n1. The van der Waals surface area contributed by atoms with E-state index in [1.807, 2.05) is 18.0 Å². The van der Waals surface area contributed by atoms with Crippen molar-refractivity contribution in [3.8, 4) is 11.3 Å². The lowest BCUT2D eigenvalue weighted by Gasteiger charge is -2.32. The standard InChI is InChI=1S/C25H28N6O3/c1-16-19(5-4-6-20(16)22(26)32)21-15-30(3)25(34)23(28-21)27-18-9-7-17(8-10-18)24(33)31-13-11-29(2)12-14-31/h4-10,15H,11-14H2,1-3H3,(H2,26,32)(H,27,28). The molecule has 1 saturated heterocycles. The molecule has 1 aliphatic heterocycles. The first-order chi connectivity index (χ1) is 16.2. The van der Waals surface area contributed by atoms with Gasteiger partial charge < -0.3 is 25.4 Å². The lowest BCUT2D eigenvalue weighted by molar-refractivity contribution is 0.0664. The summed E-state index contributed by atoms with van der Waals surface area (Å²) in [6, 6.07) is 12.2. The number of hydrogen-bond acceptors (Lipinski definition) is 6. The Morgan fingerprint density at radius 2 is 1.68 bits per heavy atom. The zero-order chi connectivity index (χ0) is 24.4. The number of amides is 2. The fourth-order valence-electron chi connectivity index (χ4n) is 4.02. The highest BCUT2D eigenvalue weighted by Crippen LogP contribution is 2.25. The van der Waals surface area contributed by atoms with Crippen LogP contribution in [0, 0.1) is 6.92 Å². The van der Waals surface area contributed by atoms with Crippen molar-refractivity contribution in [1.82, 2.24) is 19.4 Å². The van der Waals surface area contributed by atoms with Gasteiger partial charge in [0.05, 0.1) is 5.69 Å². The van der Waals surface area contributed by atoms with Crippen LogP contribution in [0.4, 0.5) is 11.5 Å². The monoisotopic (exact) mass is 460 g/mol. The first-order valence-corrected chi connectivity index (χ1v) is 11.1. The van der Waals surface area contributed by atoms with E-state index in [1.54, 1.807) is 56.6 Å². The van der Waals surface area contributed by atoms with Gasteiger partial charge in [-0.2, -0.15) is 0 Å². The van der Waals surface area contributed by atoms with Gasteiger partial charge in [-0.05, 0) is 49.9 Å². The largest absolute Gasteiger partial charge is 0.366 e. The molecule has 1 aliphatic rings. The molecule has 34 heavy (non-hydrogen) atoms. The van der Waals surface area contributed by atoms with Crippen molar-refractivity contribution in [2.45, 2.75) is 6.92 Å². The third-order valence-electron chi connectivity index (χ3n) is 6.13. The molecule has 2 amide bonds. The third-order valence-corrected chi connectivity index (χ3v) is 6.13. The minimum absolute atomic E-state index is 0.000458. The number of hydrogen-bond donors (Lipinski definition) is 2. The number of aromatic nitrogens is 2. The van der Waals surface area contributed by atoms with E-state index in [0.29, 0.717) is 46.7 Å². The molecule has 0 unspecified atom stereocenters. The predicted octanol–water partition coefficient (Wildman–Crippen LogP) is 1.99. The normalized spacial score (nSPS) is 14.1. The van der Waals surface area contributed by atoms with Crippen molar-refractivity contribution < 1.29 is 9.59 Å². The number of nitrogens with one attached hydrogen (secondary N) is 1. The molecule has 0 saturated carbocycles. The van der Waals surface area contributed by atoms with Gasteiger partial charge in [-0.1, -0.05) is 12.1 Å². The fraction of sp³-hybridized carbons (Fsp3) is 0.280. The zero-order valence-electron chi connectivity index (χ0n) is 19.5. The van der Waals surface area contributed by atoms with Crippen molar-refractivity contribution in [3.63, 3.8) is 0 Å². The van der Waals surface area contributed by atoms with Crippen LogP contribution in [0.3, 0.4) is 0 Å². The van der Waals surface area contributed by atoms with Crippen LogP contribution in [-0.4, -0.2) is 64.4 Å². The van der Waals surface area contributed by atoms with Crippen molar-refractivity contribution >= 4 is 23.3 Å². The molecule has 2 aromatic carbocycles. The molecule has 1 aromatic heterocycles. The fourth-order valence-corrected chi connectivity index (χ4v) is 4.02. The Balaban J connectivity index is 1.58. The molecule has 9 nitrogen and oxygen atoms in total. The summed E-state index contributed by atoms with van der Waals surface area (Å²) in [4.78, 5) is 45.8. The van der Waals surface area contributed by atoms with E-state index in [4.69, 9.17) is 5.73 Å². The van der Waals surface area contributed by atoms with Gasteiger partial charge in [-0.3, -0.25) is 14.4 Å². The van der Waals surface area contributed by atoms with Gasteiger partial charge in [0, 0.05) is 61.8 Å². The van der Waals surface area contributed by atoms with Gasteiger partial charge >= 0.3 is 0 Å². The van der Waals surface area contributed by atoms with Crippen LogP contribution in [-0.2, 0) is 7.05 Å². The van der Waals surface area contributed by atoms with Crippen LogP contribution in [0.15, 0.2) is 53.5 Å². The molecule has 0 spiro atoms. The molecule has 0 radical (unpaired) electrons. The second-order valence-electron chi connectivity index (χ2n) is 8.53. The Hall–Kier alpha value is -3.98. The number of piperazine rings is 1. The average Bonchev–Trinajstić information content (AvgIpc) is 2.82. The second kappa shape index (κ2) is 9.48. The predicted molar refractivity (Wildman–Crippen MR) is 131 cm³/mol. The van der Waals surface area contributed by atoms with Gasteiger partial charge in [-0.25, -0.2) is 4.98 Å². The van der Waals surface area contributed by atoms with Crippen LogP contribution in [0.1, 0.15) is 26.3 Å². The number of nitrogens with zero attached hydrogens (tertiary/aromatic N) is 4. The highest BCUT2D eigenvalue weighted by molar-refractivity contribution is 5.96. The van der Waals surface area contributed by atoms with E-state index in [2.05, 4.69) is 15.2 Å². The van der Waals surface area contributed by atoms with E-state index in [0.717, 1.165) is 13.1 Å². The second-order valence-corrected chi connectivity index (χ2v) is 8.53. The number of carbonyl (C=O) groups excluding carboxylic acids is 2.